The minimum atomic E-state index is -0.644. The third-order valence-corrected chi connectivity index (χ3v) is 0.893. The predicted molar refractivity (Wildman–Crippen MR) is 36.2 cm³/mol. The van der Waals surface area contributed by atoms with E-state index < -0.39 is 6.29 Å². The molecule has 0 spiro atoms. The third-order valence-electron chi connectivity index (χ3n) is 0.893. The van der Waals surface area contributed by atoms with Gasteiger partial charge in [0.1, 0.15) is 0 Å². The van der Waals surface area contributed by atoms with Gasteiger partial charge in [0.25, 0.3) is 0 Å². The molecule has 1 atom stereocenters. The van der Waals surface area contributed by atoms with Crippen molar-refractivity contribution in [2.24, 2.45) is 0 Å². The van der Waals surface area contributed by atoms with Crippen LogP contribution in [0.25, 0.3) is 0 Å². The lowest BCUT2D eigenvalue weighted by atomic mass is 10.5. The summed E-state index contributed by atoms with van der Waals surface area (Å²) >= 11 is 0. The zero-order valence-corrected chi connectivity index (χ0v) is 6.05. The molecular formula is C6H15NO2. The Morgan fingerprint density at radius 1 is 1.67 bits per heavy atom. The van der Waals surface area contributed by atoms with Gasteiger partial charge < -0.3 is 15.2 Å². The Hall–Kier alpha value is -0.120. The second-order valence-corrected chi connectivity index (χ2v) is 1.88. The maximum atomic E-state index is 8.90. The van der Waals surface area contributed by atoms with E-state index in [1.54, 1.807) is 7.05 Å². The van der Waals surface area contributed by atoms with E-state index in [4.69, 9.17) is 9.84 Å². The van der Waals surface area contributed by atoms with Crippen molar-refractivity contribution in [2.45, 2.75) is 19.6 Å². The Morgan fingerprint density at radius 3 is 2.78 bits per heavy atom. The van der Waals surface area contributed by atoms with Gasteiger partial charge in [-0.1, -0.05) is 6.92 Å². The van der Waals surface area contributed by atoms with Crippen molar-refractivity contribution in [1.82, 2.24) is 5.32 Å². The first-order valence-corrected chi connectivity index (χ1v) is 3.25. The largest absolute Gasteiger partial charge is 0.367 e. The van der Waals surface area contributed by atoms with Gasteiger partial charge in [-0.3, -0.25) is 0 Å². The minimum Gasteiger partial charge on any atom is -0.367 e. The Morgan fingerprint density at radius 2 is 2.33 bits per heavy atom. The Balaban J connectivity index is 2.95. The van der Waals surface area contributed by atoms with E-state index in [1.807, 2.05) is 6.92 Å². The Kier molecular flexibility index (Phi) is 5.93. The van der Waals surface area contributed by atoms with E-state index in [0.29, 0.717) is 13.2 Å². The lowest BCUT2D eigenvalue weighted by Gasteiger charge is -2.09. The van der Waals surface area contributed by atoms with Gasteiger partial charge in [0.15, 0.2) is 6.29 Å². The van der Waals surface area contributed by atoms with Crippen molar-refractivity contribution >= 4 is 0 Å². The Bertz CT molecular complexity index is 59.0. The van der Waals surface area contributed by atoms with Crippen molar-refractivity contribution in [3.8, 4) is 0 Å². The van der Waals surface area contributed by atoms with E-state index in [1.165, 1.54) is 0 Å². The van der Waals surface area contributed by atoms with Gasteiger partial charge in [0.05, 0.1) is 0 Å². The van der Waals surface area contributed by atoms with Crippen molar-refractivity contribution < 1.29 is 9.84 Å². The van der Waals surface area contributed by atoms with E-state index in [0.717, 1.165) is 6.42 Å². The fourth-order valence-electron chi connectivity index (χ4n) is 0.487. The number of likely N-dealkylation sites (N-methyl/N-ethyl adjacent to an activating group) is 1. The molecule has 0 rings (SSSR count). The fraction of sp³-hybridized carbons (Fsp3) is 1.00. The summed E-state index contributed by atoms with van der Waals surface area (Å²) in [5.74, 6) is 0. The molecule has 0 saturated heterocycles. The fourth-order valence-corrected chi connectivity index (χ4v) is 0.487. The van der Waals surface area contributed by atoms with E-state index >= 15 is 0 Å². The van der Waals surface area contributed by atoms with Crippen LogP contribution in [0.2, 0.25) is 0 Å². The van der Waals surface area contributed by atoms with Crippen LogP contribution in [0.1, 0.15) is 13.3 Å². The summed E-state index contributed by atoms with van der Waals surface area (Å²) < 4.78 is 4.92. The molecule has 3 nitrogen and oxygen atoms in total. The van der Waals surface area contributed by atoms with Crippen molar-refractivity contribution in [3.63, 3.8) is 0 Å². The van der Waals surface area contributed by atoms with Gasteiger partial charge in [-0.15, -0.1) is 0 Å². The normalized spacial score (nSPS) is 13.7. The lowest BCUT2D eigenvalue weighted by molar-refractivity contribution is -0.0947. The van der Waals surface area contributed by atoms with Crippen LogP contribution in [0.3, 0.4) is 0 Å². The molecule has 9 heavy (non-hydrogen) atoms. The van der Waals surface area contributed by atoms with Crippen LogP contribution in [0.5, 0.6) is 0 Å². The maximum absolute atomic E-state index is 8.90. The molecule has 2 N–H and O–H groups in total. The van der Waals surface area contributed by atoms with Gasteiger partial charge in [-0.05, 0) is 13.5 Å². The molecule has 0 fully saturated rings. The smallest absolute Gasteiger partial charge is 0.167 e. The molecule has 0 aromatic rings. The topological polar surface area (TPSA) is 41.5 Å². The van der Waals surface area contributed by atoms with Gasteiger partial charge in [-0.25, -0.2) is 0 Å². The second kappa shape index (κ2) is 6.01. The van der Waals surface area contributed by atoms with E-state index in [9.17, 15) is 0 Å². The summed E-state index contributed by atoms with van der Waals surface area (Å²) in [7, 11) is 1.78. The first-order valence-electron chi connectivity index (χ1n) is 3.25. The van der Waals surface area contributed by atoms with Crippen LogP contribution in [0, 0.1) is 0 Å². The predicted octanol–water partition coefficient (Wildman–Crippen LogP) is -0.0492. The van der Waals surface area contributed by atoms with Crippen LogP contribution in [0.4, 0.5) is 0 Å². The molecule has 0 aliphatic carbocycles. The SMILES string of the molecule is CCCOC(O)CNC. The molecule has 0 aromatic carbocycles. The zero-order valence-electron chi connectivity index (χ0n) is 6.05. The summed E-state index contributed by atoms with van der Waals surface area (Å²) in [5.41, 5.74) is 0. The van der Waals surface area contributed by atoms with E-state index in [2.05, 4.69) is 5.32 Å². The van der Waals surface area contributed by atoms with E-state index in [-0.39, 0.29) is 0 Å². The highest BCUT2D eigenvalue weighted by Gasteiger charge is 1.98. The molecule has 0 amide bonds. The summed E-state index contributed by atoms with van der Waals surface area (Å²) in [6.07, 6.45) is 0.302. The number of nitrogens with one attached hydrogen (secondary N) is 1. The Labute approximate surface area is 56.0 Å². The number of hydrogen-bond acceptors (Lipinski definition) is 3. The minimum absolute atomic E-state index is 0.500. The van der Waals surface area contributed by atoms with Gasteiger partial charge in [0.2, 0.25) is 0 Å². The third kappa shape index (κ3) is 5.76. The maximum Gasteiger partial charge on any atom is 0.167 e. The number of aliphatic hydroxyl groups excluding tert-OH is 1. The van der Waals surface area contributed by atoms with Gasteiger partial charge >= 0.3 is 0 Å². The van der Waals surface area contributed by atoms with Crippen molar-refractivity contribution in [2.75, 3.05) is 20.2 Å². The van der Waals surface area contributed by atoms with Crippen LogP contribution in [-0.4, -0.2) is 31.6 Å². The number of aliphatic hydroxyl groups is 1. The molecule has 0 aliphatic heterocycles. The lowest BCUT2D eigenvalue weighted by Crippen LogP contribution is -2.26. The molecule has 3 heteroatoms. The number of hydrogen-bond donors (Lipinski definition) is 2. The summed E-state index contributed by atoms with van der Waals surface area (Å²) in [4.78, 5) is 0. The van der Waals surface area contributed by atoms with Crippen LogP contribution >= 0.6 is 0 Å². The molecule has 56 valence electrons. The standard InChI is InChI=1S/C6H15NO2/c1-3-4-9-6(8)5-7-2/h6-8H,3-5H2,1-2H3. The molecule has 0 bridgehead atoms. The zero-order chi connectivity index (χ0) is 7.11. The quantitative estimate of drug-likeness (QED) is 0.517. The number of ether oxygens (including phenoxy) is 1. The van der Waals surface area contributed by atoms with Crippen LogP contribution < -0.4 is 5.32 Å². The first kappa shape index (κ1) is 8.88. The molecule has 1 unspecified atom stereocenters. The molecular weight excluding hydrogens is 118 g/mol. The van der Waals surface area contributed by atoms with Crippen molar-refractivity contribution in [3.05, 3.63) is 0 Å². The molecule has 0 saturated carbocycles. The molecule has 0 radical (unpaired) electrons. The van der Waals surface area contributed by atoms with Crippen LogP contribution in [-0.2, 0) is 4.74 Å². The molecule has 0 heterocycles. The average molecular weight is 133 g/mol. The summed E-state index contributed by atoms with van der Waals surface area (Å²) in [5, 5.41) is 11.7. The summed E-state index contributed by atoms with van der Waals surface area (Å²) in [6, 6.07) is 0. The average Bonchev–Trinajstić information content (AvgIpc) is 1.85. The first-order chi connectivity index (χ1) is 4.31. The monoisotopic (exact) mass is 133 g/mol. The van der Waals surface area contributed by atoms with Crippen LogP contribution in [0.15, 0.2) is 0 Å². The number of rotatable bonds is 5. The second-order valence-electron chi connectivity index (χ2n) is 1.88. The molecule has 0 aliphatic rings. The van der Waals surface area contributed by atoms with Crippen molar-refractivity contribution in [1.29, 1.82) is 0 Å². The summed E-state index contributed by atoms with van der Waals surface area (Å²) in [6.45, 7) is 3.13. The highest BCUT2D eigenvalue weighted by molar-refractivity contribution is 4.41. The highest BCUT2D eigenvalue weighted by atomic mass is 16.6. The van der Waals surface area contributed by atoms with Gasteiger partial charge in [0, 0.05) is 13.2 Å². The van der Waals surface area contributed by atoms with Gasteiger partial charge in [-0.2, -0.15) is 0 Å². The highest BCUT2D eigenvalue weighted by Crippen LogP contribution is 1.85. The molecule has 0 aromatic heterocycles.